The first-order valence-corrected chi connectivity index (χ1v) is 6.61. The van der Waals surface area contributed by atoms with Crippen LogP contribution < -0.4 is 10.6 Å². The summed E-state index contributed by atoms with van der Waals surface area (Å²) in [5, 5.41) is 5.41. The summed E-state index contributed by atoms with van der Waals surface area (Å²) in [6, 6.07) is 0. The minimum absolute atomic E-state index is 0.0118. The number of nitrogens with one attached hydrogen (secondary N) is 2. The van der Waals surface area contributed by atoms with Gasteiger partial charge < -0.3 is 10.6 Å². The number of thioether (sulfide) groups is 1. The van der Waals surface area contributed by atoms with Crippen LogP contribution in [0.15, 0.2) is 0 Å². The van der Waals surface area contributed by atoms with Crippen molar-refractivity contribution in [1.82, 2.24) is 10.6 Å². The van der Waals surface area contributed by atoms with Gasteiger partial charge in [0.05, 0.1) is 13.1 Å². The van der Waals surface area contributed by atoms with E-state index in [0.29, 0.717) is 11.7 Å². The second kappa shape index (κ2) is 9.04. The molecule has 17 heavy (non-hydrogen) atoms. The molecular formula is C11H20N2O3S. The van der Waals surface area contributed by atoms with Crippen LogP contribution in [0.1, 0.15) is 27.2 Å². The Morgan fingerprint density at radius 3 is 2.18 bits per heavy atom. The molecule has 0 bridgehead atoms. The van der Waals surface area contributed by atoms with Gasteiger partial charge in [-0.25, -0.2) is 0 Å². The average Bonchev–Trinajstić information content (AvgIpc) is 2.23. The fraction of sp³-hybridized carbons (Fsp3) is 0.727. The van der Waals surface area contributed by atoms with Crippen LogP contribution in [-0.2, 0) is 14.4 Å². The van der Waals surface area contributed by atoms with Crippen molar-refractivity contribution in [1.29, 1.82) is 0 Å². The molecule has 0 saturated heterocycles. The van der Waals surface area contributed by atoms with Crippen molar-refractivity contribution in [3.63, 3.8) is 0 Å². The molecule has 6 heteroatoms. The third kappa shape index (κ3) is 11.2. The first kappa shape index (κ1) is 16.0. The Hall–Kier alpha value is -1.04. The fourth-order valence-corrected chi connectivity index (χ4v) is 1.71. The lowest BCUT2D eigenvalue weighted by Gasteiger charge is -2.06. The average molecular weight is 260 g/mol. The second-order valence-electron chi connectivity index (χ2n) is 3.93. The predicted octanol–water partition coefficient (Wildman–Crippen LogP) is 0.340. The molecule has 0 fully saturated rings. The smallest absolute Gasteiger partial charge is 0.239 e. The molecule has 0 heterocycles. The molecule has 0 aromatic carbocycles. The summed E-state index contributed by atoms with van der Waals surface area (Å²) in [4.78, 5) is 33.0. The molecule has 0 aromatic rings. The van der Waals surface area contributed by atoms with Crippen LogP contribution in [-0.4, -0.2) is 41.7 Å². The molecule has 0 saturated carbocycles. The Kier molecular flexibility index (Phi) is 8.49. The Morgan fingerprint density at radius 1 is 1.06 bits per heavy atom. The second-order valence-corrected chi connectivity index (χ2v) is 5.61. The molecule has 2 amide bonds. The molecule has 0 radical (unpaired) electrons. The summed E-state index contributed by atoms with van der Waals surface area (Å²) in [5.41, 5.74) is 0. The Labute approximate surface area is 106 Å². The van der Waals surface area contributed by atoms with Crippen LogP contribution in [0.2, 0.25) is 0 Å². The standard InChI is InChI=1S/C11H20N2O3S/c1-8(2)17-5-4-10(15)13-7-11(16)12-6-9(3)14/h8H,4-7H2,1-3H3,(H,12,16)(H,13,15). The molecule has 2 N–H and O–H groups in total. The first-order chi connectivity index (χ1) is 7.91. The van der Waals surface area contributed by atoms with Crippen LogP contribution in [0.3, 0.4) is 0 Å². The molecule has 0 aliphatic rings. The summed E-state index contributed by atoms with van der Waals surface area (Å²) in [5.74, 6) is 0.151. The summed E-state index contributed by atoms with van der Waals surface area (Å²) in [7, 11) is 0. The highest BCUT2D eigenvalue weighted by atomic mass is 32.2. The zero-order valence-corrected chi connectivity index (χ0v) is 11.4. The Morgan fingerprint density at radius 2 is 1.65 bits per heavy atom. The maximum atomic E-state index is 11.3. The van der Waals surface area contributed by atoms with Gasteiger partial charge in [0.2, 0.25) is 11.8 Å². The van der Waals surface area contributed by atoms with E-state index in [1.165, 1.54) is 6.92 Å². The van der Waals surface area contributed by atoms with Crippen molar-refractivity contribution in [2.24, 2.45) is 0 Å². The highest BCUT2D eigenvalue weighted by Crippen LogP contribution is 2.09. The lowest BCUT2D eigenvalue weighted by atomic mass is 10.4. The first-order valence-electron chi connectivity index (χ1n) is 5.56. The molecule has 0 aromatic heterocycles. The minimum atomic E-state index is -0.343. The quantitative estimate of drug-likeness (QED) is 0.660. The maximum absolute atomic E-state index is 11.3. The molecular weight excluding hydrogens is 240 g/mol. The molecule has 0 aliphatic heterocycles. The van der Waals surface area contributed by atoms with E-state index in [1.54, 1.807) is 11.8 Å². The Balaban J connectivity index is 3.55. The zero-order valence-electron chi connectivity index (χ0n) is 10.5. The van der Waals surface area contributed by atoms with Crippen LogP contribution in [0, 0.1) is 0 Å². The van der Waals surface area contributed by atoms with Gasteiger partial charge in [0.25, 0.3) is 0 Å². The van der Waals surface area contributed by atoms with Gasteiger partial charge in [0.1, 0.15) is 5.78 Å². The highest BCUT2D eigenvalue weighted by molar-refractivity contribution is 7.99. The van der Waals surface area contributed by atoms with E-state index in [9.17, 15) is 14.4 Å². The number of carbonyl (C=O) groups excluding carboxylic acids is 3. The van der Waals surface area contributed by atoms with Gasteiger partial charge in [-0.3, -0.25) is 14.4 Å². The van der Waals surface area contributed by atoms with Crippen molar-refractivity contribution >= 4 is 29.4 Å². The van der Waals surface area contributed by atoms with E-state index in [0.717, 1.165) is 5.75 Å². The topological polar surface area (TPSA) is 75.3 Å². The van der Waals surface area contributed by atoms with E-state index in [2.05, 4.69) is 24.5 Å². The van der Waals surface area contributed by atoms with Crippen molar-refractivity contribution in [2.75, 3.05) is 18.8 Å². The molecule has 0 aliphatic carbocycles. The van der Waals surface area contributed by atoms with Gasteiger partial charge >= 0.3 is 0 Å². The molecule has 0 rings (SSSR count). The zero-order chi connectivity index (χ0) is 13.3. The van der Waals surface area contributed by atoms with Gasteiger partial charge in [-0.15, -0.1) is 0 Å². The number of ketones is 1. The van der Waals surface area contributed by atoms with Crippen molar-refractivity contribution < 1.29 is 14.4 Å². The van der Waals surface area contributed by atoms with E-state index in [4.69, 9.17) is 0 Å². The van der Waals surface area contributed by atoms with E-state index >= 15 is 0 Å². The minimum Gasteiger partial charge on any atom is -0.348 e. The van der Waals surface area contributed by atoms with Gasteiger partial charge in [-0.1, -0.05) is 13.8 Å². The summed E-state index contributed by atoms with van der Waals surface area (Å²) < 4.78 is 0. The van der Waals surface area contributed by atoms with Gasteiger partial charge in [-0.2, -0.15) is 11.8 Å². The van der Waals surface area contributed by atoms with Crippen molar-refractivity contribution in [3.05, 3.63) is 0 Å². The van der Waals surface area contributed by atoms with Gasteiger partial charge in [0.15, 0.2) is 0 Å². The number of hydrogen-bond acceptors (Lipinski definition) is 4. The normalized spacial score (nSPS) is 10.1. The lowest BCUT2D eigenvalue weighted by Crippen LogP contribution is -2.38. The SMILES string of the molecule is CC(=O)CNC(=O)CNC(=O)CCSC(C)C. The summed E-state index contributed by atoms with van der Waals surface area (Å²) >= 11 is 1.70. The number of hydrogen-bond donors (Lipinski definition) is 2. The lowest BCUT2D eigenvalue weighted by molar-refractivity contribution is -0.126. The molecule has 0 atom stereocenters. The number of carbonyl (C=O) groups is 3. The molecule has 0 unspecified atom stereocenters. The van der Waals surface area contributed by atoms with E-state index < -0.39 is 0 Å². The molecule has 0 spiro atoms. The summed E-state index contributed by atoms with van der Waals surface area (Å²) in [6.45, 7) is 5.47. The molecule has 5 nitrogen and oxygen atoms in total. The van der Waals surface area contributed by atoms with Crippen LogP contribution in [0.4, 0.5) is 0 Å². The Bertz CT molecular complexity index is 280. The predicted molar refractivity (Wildman–Crippen MR) is 68.9 cm³/mol. The maximum Gasteiger partial charge on any atom is 0.239 e. The highest BCUT2D eigenvalue weighted by Gasteiger charge is 2.06. The van der Waals surface area contributed by atoms with Gasteiger partial charge in [-0.05, 0) is 12.2 Å². The number of amides is 2. The van der Waals surface area contributed by atoms with Crippen LogP contribution in [0.25, 0.3) is 0 Å². The largest absolute Gasteiger partial charge is 0.348 e. The number of Topliss-reactive ketones (excluding diaryl/α,β-unsaturated/α-hetero) is 1. The van der Waals surface area contributed by atoms with Crippen LogP contribution in [0.5, 0.6) is 0 Å². The van der Waals surface area contributed by atoms with Gasteiger partial charge in [0, 0.05) is 12.2 Å². The van der Waals surface area contributed by atoms with Crippen LogP contribution >= 0.6 is 11.8 Å². The number of rotatable bonds is 8. The molecule has 98 valence electrons. The van der Waals surface area contributed by atoms with Crippen molar-refractivity contribution in [3.8, 4) is 0 Å². The van der Waals surface area contributed by atoms with E-state index in [-0.39, 0.29) is 30.7 Å². The third-order valence-corrected chi connectivity index (χ3v) is 2.87. The fourth-order valence-electron chi connectivity index (χ4n) is 0.940. The van der Waals surface area contributed by atoms with E-state index in [1.807, 2.05) is 0 Å². The van der Waals surface area contributed by atoms with Crippen molar-refractivity contribution in [2.45, 2.75) is 32.4 Å². The summed E-state index contributed by atoms with van der Waals surface area (Å²) in [6.07, 6.45) is 0.406. The monoisotopic (exact) mass is 260 g/mol. The third-order valence-electron chi connectivity index (χ3n) is 1.76.